The van der Waals surface area contributed by atoms with Crippen molar-refractivity contribution in [3.05, 3.63) is 45.5 Å². The summed E-state index contributed by atoms with van der Waals surface area (Å²) in [4.78, 5) is 17.9. The third kappa shape index (κ3) is 4.44. The summed E-state index contributed by atoms with van der Waals surface area (Å²) in [6.07, 6.45) is 0.952. The Morgan fingerprint density at radius 3 is 2.76 bits per heavy atom. The number of aromatic amines is 1. The van der Waals surface area contributed by atoms with Crippen molar-refractivity contribution in [2.45, 2.75) is 26.3 Å². The van der Waals surface area contributed by atoms with Crippen LogP contribution in [0, 0.1) is 6.92 Å². The lowest BCUT2D eigenvalue weighted by atomic mass is 10.1. The Morgan fingerprint density at radius 1 is 1.38 bits per heavy atom. The highest BCUT2D eigenvalue weighted by Gasteiger charge is 2.12. The third-order valence-corrected chi connectivity index (χ3v) is 3.66. The van der Waals surface area contributed by atoms with Crippen LogP contribution in [-0.4, -0.2) is 33.0 Å². The zero-order valence-corrected chi connectivity index (χ0v) is 13.4. The van der Waals surface area contributed by atoms with E-state index in [0.717, 1.165) is 11.4 Å². The molecule has 0 aliphatic rings. The molecule has 2 aromatic rings. The molecule has 0 bridgehead atoms. The molecule has 0 spiro atoms. The predicted octanol–water partition coefficient (Wildman–Crippen LogP) is 3.01. The van der Waals surface area contributed by atoms with E-state index >= 15 is 0 Å². The summed E-state index contributed by atoms with van der Waals surface area (Å²) in [5.74, 6) is 1.36. The van der Waals surface area contributed by atoms with Gasteiger partial charge >= 0.3 is 0 Å². The SMILES string of the molecule is Cc1nc(CN(C)C(=O)CCc2ccc(Cl)cc2Cl)n[nH]1. The number of hydrogen-bond donors (Lipinski definition) is 1. The number of carbonyl (C=O) groups is 1. The molecule has 5 nitrogen and oxygen atoms in total. The Kier molecular flexibility index (Phi) is 5.20. The molecule has 0 saturated heterocycles. The van der Waals surface area contributed by atoms with E-state index in [1.54, 1.807) is 24.1 Å². The van der Waals surface area contributed by atoms with Crippen LogP contribution in [0.2, 0.25) is 10.0 Å². The van der Waals surface area contributed by atoms with Crippen molar-refractivity contribution in [2.24, 2.45) is 0 Å². The highest BCUT2D eigenvalue weighted by molar-refractivity contribution is 6.35. The molecule has 0 aliphatic carbocycles. The topological polar surface area (TPSA) is 61.9 Å². The normalized spacial score (nSPS) is 10.7. The summed E-state index contributed by atoms with van der Waals surface area (Å²) >= 11 is 11.9. The molecular formula is C14H16Cl2N4O. The fourth-order valence-corrected chi connectivity index (χ4v) is 2.42. The maximum atomic E-state index is 12.1. The van der Waals surface area contributed by atoms with Crippen LogP contribution in [0.4, 0.5) is 0 Å². The van der Waals surface area contributed by atoms with Crippen LogP contribution in [0.1, 0.15) is 23.6 Å². The van der Waals surface area contributed by atoms with Crippen molar-refractivity contribution >= 4 is 29.1 Å². The number of rotatable bonds is 5. The van der Waals surface area contributed by atoms with Gasteiger partial charge in [-0.2, -0.15) is 5.10 Å². The first-order valence-corrected chi connectivity index (χ1v) is 7.27. The zero-order chi connectivity index (χ0) is 15.4. The number of H-pyrrole nitrogens is 1. The molecule has 0 saturated carbocycles. The van der Waals surface area contributed by atoms with E-state index in [1.807, 2.05) is 13.0 Å². The van der Waals surface area contributed by atoms with Crippen molar-refractivity contribution < 1.29 is 4.79 Å². The molecule has 21 heavy (non-hydrogen) atoms. The second-order valence-electron chi connectivity index (χ2n) is 4.82. The molecule has 0 fully saturated rings. The van der Waals surface area contributed by atoms with E-state index in [1.165, 1.54) is 0 Å². The Morgan fingerprint density at radius 2 is 2.14 bits per heavy atom. The van der Waals surface area contributed by atoms with Gasteiger partial charge in [0.1, 0.15) is 5.82 Å². The minimum Gasteiger partial charge on any atom is -0.338 e. The van der Waals surface area contributed by atoms with Gasteiger partial charge in [0.05, 0.1) is 6.54 Å². The van der Waals surface area contributed by atoms with Crippen molar-refractivity contribution in [3.8, 4) is 0 Å². The predicted molar refractivity (Wildman–Crippen MR) is 82.4 cm³/mol. The molecule has 1 N–H and O–H groups in total. The number of nitrogens with zero attached hydrogens (tertiary/aromatic N) is 3. The second kappa shape index (κ2) is 6.91. The molecular weight excluding hydrogens is 311 g/mol. The van der Waals surface area contributed by atoms with E-state index < -0.39 is 0 Å². The first-order valence-electron chi connectivity index (χ1n) is 6.51. The van der Waals surface area contributed by atoms with Crippen LogP contribution in [0.3, 0.4) is 0 Å². The van der Waals surface area contributed by atoms with E-state index in [4.69, 9.17) is 23.2 Å². The highest BCUT2D eigenvalue weighted by atomic mass is 35.5. The van der Waals surface area contributed by atoms with E-state index in [-0.39, 0.29) is 5.91 Å². The molecule has 0 aliphatic heterocycles. The van der Waals surface area contributed by atoms with Gasteiger partial charge in [0.25, 0.3) is 0 Å². The standard InChI is InChI=1S/C14H16Cl2N4O/c1-9-17-13(19-18-9)8-20(2)14(21)6-4-10-3-5-11(15)7-12(10)16/h3,5,7H,4,6,8H2,1-2H3,(H,17,18,19). The van der Waals surface area contributed by atoms with Gasteiger partial charge in [-0.15, -0.1) is 0 Å². The number of amides is 1. The molecule has 7 heteroatoms. The van der Waals surface area contributed by atoms with Gasteiger partial charge in [-0.05, 0) is 31.0 Å². The summed E-state index contributed by atoms with van der Waals surface area (Å²) in [7, 11) is 1.73. The van der Waals surface area contributed by atoms with E-state index in [2.05, 4.69) is 15.2 Å². The number of halogens is 2. The lowest BCUT2D eigenvalue weighted by Crippen LogP contribution is -2.27. The lowest BCUT2D eigenvalue weighted by molar-refractivity contribution is -0.130. The minimum absolute atomic E-state index is 0.0171. The van der Waals surface area contributed by atoms with Gasteiger partial charge in [-0.25, -0.2) is 4.98 Å². The fourth-order valence-electron chi connectivity index (χ4n) is 1.92. The Balaban J connectivity index is 1.89. The number of nitrogens with one attached hydrogen (secondary N) is 1. The fraction of sp³-hybridized carbons (Fsp3) is 0.357. The molecule has 1 aromatic carbocycles. The summed E-state index contributed by atoms with van der Waals surface area (Å²) in [5.41, 5.74) is 0.913. The Bertz CT molecular complexity index is 642. The van der Waals surface area contributed by atoms with E-state index in [9.17, 15) is 4.79 Å². The molecule has 0 unspecified atom stereocenters. The van der Waals surface area contributed by atoms with E-state index in [0.29, 0.717) is 35.3 Å². The smallest absolute Gasteiger partial charge is 0.223 e. The van der Waals surface area contributed by atoms with Gasteiger partial charge in [-0.3, -0.25) is 9.89 Å². The number of hydrogen-bond acceptors (Lipinski definition) is 3. The van der Waals surface area contributed by atoms with Gasteiger partial charge in [-0.1, -0.05) is 29.3 Å². The number of benzene rings is 1. The monoisotopic (exact) mass is 326 g/mol. The van der Waals surface area contributed by atoms with Crippen LogP contribution in [-0.2, 0) is 17.8 Å². The molecule has 0 radical (unpaired) electrons. The van der Waals surface area contributed by atoms with Gasteiger partial charge in [0, 0.05) is 23.5 Å². The average Bonchev–Trinajstić information content (AvgIpc) is 2.82. The summed E-state index contributed by atoms with van der Waals surface area (Å²) < 4.78 is 0. The van der Waals surface area contributed by atoms with Crippen LogP contribution in [0.15, 0.2) is 18.2 Å². The number of aromatic nitrogens is 3. The molecule has 1 heterocycles. The summed E-state index contributed by atoms with van der Waals surface area (Å²) in [6, 6.07) is 5.30. The van der Waals surface area contributed by atoms with Crippen molar-refractivity contribution in [2.75, 3.05) is 7.05 Å². The largest absolute Gasteiger partial charge is 0.338 e. The first kappa shape index (κ1) is 15.8. The van der Waals surface area contributed by atoms with Crippen LogP contribution in [0.25, 0.3) is 0 Å². The minimum atomic E-state index is 0.0171. The second-order valence-corrected chi connectivity index (χ2v) is 5.67. The van der Waals surface area contributed by atoms with Gasteiger partial charge in [0.2, 0.25) is 5.91 Å². The van der Waals surface area contributed by atoms with Crippen molar-refractivity contribution in [1.29, 1.82) is 0 Å². The summed E-state index contributed by atoms with van der Waals surface area (Å²) in [6.45, 7) is 2.21. The molecule has 1 amide bonds. The van der Waals surface area contributed by atoms with Crippen LogP contribution >= 0.6 is 23.2 Å². The highest BCUT2D eigenvalue weighted by Crippen LogP contribution is 2.22. The zero-order valence-electron chi connectivity index (χ0n) is 11.9. The quantitative estimate of drug-likeness (QED) is 0.918. The molecule has 1 aromatic heterocycles. The van der Waals surface area contributed by atoms with Crippen LogP contribution < -0.4 is 0 Å². The lowest BCUT2D eigenvalue weighted by Gasteiger charge is -2.15. The molecule has 112 valence electrons. The van der Waals surface area contributed by atoms with Crippen molar-refractivity contribution in [1.82, 2.24) is 20.1 Å². The van der Waals surface area contributed by atoms with Crippen LogP contribution in [0.5, 0.6) is 0 Å². The maximum absolute atomic E-state index is 12.1. The number of aryl methyl sites for hydroxylation is 2. The molecule has 2 rings (SSSR count). The Hall–Kier alpha value is -1.59. The van der Waals surface area contributed by atoms with Gasteiger partial charge in [0.15, 0.2) is 5.82 Å². The molecule has 0 atom stereocenters. The van der Waals surface area contributed by atoms with Gasteiger partial charge < -0.3 is 4.90 Å². The number of carbonyl (C=O) groups excluding carboxylic acids is 1. The summed E-state index contributed by atoms with van der Waals surface area (Å²) in [5, 5.41) is 7.94. The van der Waals surface area contributed by atoms with Crippen molar-refractivity contribution in [3.63, 3.8) is 0 Å². The first-order chi connectivity index (χ1) is 9.95. The Labute approximate surface area is 133 Å². The average molecular weight is 327 g/mol. The maximum Gasteiger partial charge on any atom is 0.223 e. The third-order valence-electron chi connectivity index (χ3n) is 3.07.